The van der Waals surface area contributed by atoms with Crippen molar-refractivity contribution in [3.63, 3.8) is 0 Å². The molecule has 10 heteroatoms. The number of anilines is 1. The van der Waals surface area contributed by atoms with Gasteiger partial charge in [0.25, 0.3) is 5.91 Å². The number of esters is 1. The van der Waals surface area contributed by atoms with Gasteiger partial charge in [-0.1, -0.05) is 18.2 Å². The lowest BCUT2D eigenvalue weighted by molar-refractivity contribution is -0.127. The minimum absolute atomic E-state index is 0.00772. The fourth-order valence-electron chi connectivity index (χ4n) is 2.32. The van der Waals surface area contributed by atoms with Crippen LogP contribution in [0.4, 0.5) is 10.5 Å². The molecule has 3 N–H and O–H groups in total. The summed E-state index contributed by atoms with van der Waals surface area (Å²) in [6.45, 7) is 1.34. The van der Waals surface area contributed by atoms with Gasteiger partial charge in [-0.25, -0.2) is 9.59 Å². The predicted molar refractivity (Wildman–Crippen MR) is 114 cm³/mol. The van der Waals surface area contributed by atoms with E-state index in [9.17, 15) is 19.2 Å². The van der Waals surface area contributed by atoms with Crippen molar-refractivity contribution in [2.24, 2.45) is 0 Å². The smallest absolute Gasteiger partial charge is 0.340 e. The molecule has 1 atom stereocenters. The van der Waals surface area contributed by atoms with Crippen LogP contribution >= 0.6 is 11.8 Å². The predicted octanol–water partition coefficient (Wildman–Crippen LogP) is 2.29. The third-order valence-electron chi connectivity index (χ3n) is 3.86. The van der Waals surface area contributed by atoms with E-state index in [1.54, 1.807) is 42.5 Å². The normalized spacial score (nSPS) is 10.9. The second kappa shape index (κ2) is 11.4. The number of hydrogen-bond donors (Lipinski definition) is 3. The summed E-state index contributed by atoms with van der Waals surface area (Å²) in [6.07, 6.45) is -1.20. The molecule has 0 heterocycles. The van der Waals surface area contributed by atoms with E-state index in [0.717, 1.165) is 11.8 Å². The first-order chi connectivity index (χ1) is 14.8. The van der Waals surface area contributed by atoms with Gasteiger partial charge >= 0.3 is 12.0 Å². The molecule has 0 bridgehead atoms. The Morgan fingerprint density at radius 3 is 2.58 bits per heavy atom. The zero-order valence-electron chi connectivity index (χ0n) is 16.8. The van der Waals surface area contributed by atoms with Crippen LogP contribution in [-0.2, 0) is 14.3 Å². The average Bonchev–Trinajstić information content (AvgIpc) is 2.77. The first kappa shape index (κ1) is 23.4. The van der Waals surface area contributed by atoms with Crippen LogP contribution in [0, 0.1) is 11.3 Å². The van der Waals surface area contributed by atoms with Gasteiger partial charge in [-0.3, -0.25) is 14.9 Å². The number of nitriles is 1. The molecule has 0 saturated heterocycles. The van der Waals surface area contributed by atoms with E-state index in [1.807, 2.05) is 11.4 Å². The summed E-state index contributed by atoms with van der Waals surface area (Å²) in [5.74, 6) is -1.84. The summed E-state index contributed by atoms with van der Waals surface area (Å²) in [7, 11) is 1.35. The highest BCUT2D eigenvalue weighted by Gasteiger charge is 2.22. The molecule has 0 aliphatic heterocycles. The van der Waals surface area contributed by atoms with Crippen LogP contribution in [0.3, 0.4) is 0 Å². The molecule has 1 unspecified atom stereocenters. The number of ether oxygens (including phenoxy) is 1. The van der Waals surface area contributed by atoms with Crippen LogP contribution in [-0.4, -0.2) is 42.7 Å². The highest BCUT2D eigenvalue weighted by atomic mass is 32.2. The molecule has 160 valence electrons. The van der Waals surface area contributed by atoms with Crippen molar-refractivity contribution < 1.29 is 23.9 Å². The Morgan fingerprint density at radius 2 is 1.87 bits per heavy atom. The summed E-state index contributed by atoms with van der Waals surface area (Å²) in [4.78, 5) is 48.3. The van der Waals surface area contributed by atoms with Crippen molar-refractivity contribution >= 4 is 41.3 Å². The maximum absolute atomic E-state index is 12.5. The maximum Gasteiger partial charge on any atom is 0.340 e. The van der Waals surface area contributed by atoms with E-state index in [0.29, 0.717) is 16.1 Å². The summed E-state index contributed by atoms with van der Waals surface area (Å²) in [5, 5.41) is 15.9. The van der Waals surface area contributed by atoms with Gasteiger partial charge in [-0.05, 0) is 37.3 Å². The lowest BCUT2D eigenvalue weighted by Crippen LogP contribution is -2.43. The Kier molecular flexibility index (Phi) is 8.60. The largest absolute Gasteiger partial charge is 0.449 e. The topological polar surface area (TPSA) is 137 Å². The number of nitrogens with zero attached hydrogens (tertiary/aromatic N) is 1. The van der Waals surface area contributed by atoms with E-state index >= 15 is 0 Å². The maximum atomic E-state index is 12.5. The fourth-order valence-corrected chi connectivity index (χ4v) is 3.16. The van der Waals surface area contributed by atoms with E-state index in [2.05, 4.69) is 10.6 Å². The van der Waals surface area contributed by atoms with Crippen molar-refractivity contribution in [2.75, 3.05) is 18.1 Å². The molecule has 31 heavy (non-hydrogen) atoms. The lowest BCUT2D eigenvalue weighted by atomic mass is 10.2. The van der Waals surface area contributed by atoms with Crippen LogP contribution in [0.1, 0.15) is 22.8 Å². The Labute approximate surface area is 183 Å². The van der Waals surface area contributed by atoms with Gasteiger partial charge in [0.05, 0.1) is 22.9 Å². The summed E-state index contributed by atoms with van der Waals surface area (Å²) in [6, 6.07) is 14.3. The third kappa shape index (κ3) is 7.17. The number of urea groups is 1. The van der Waals surface area contributed by atoms with Gasteiger partial charge in [0.15, 0.2) is 6.10 Å². The standard InChI is InChI=1S/C21H20N4O5S/c1-13(19(27)25-21(29)23-2)30-20(28)16-8-3-4-9-17(16)31-12-18(26)24-15-7-5-6-14(10-15)11-22/h3-10,13H,12H2,1-2H3,(H,24,26)(H2,23,25,27,29). The molecule has 0 radical (unpaired) electrons. The first-order valence-corrected chi connectivity index (χ1v) is 10.1. The van der Waals surface area contributed by atoms with Crippen molar-refractivity contribution in [1.29, 1.82) is 5.26 Å². The van der Waals surface area contributed by atoms with Crippen LogP contribution in [0.25, 0.3) is 0 Å². The molecule has 2 rings (SSSR count). The Morgan fingerprint density at radius 1 is 1.13 bits per heavy atom. The molecule has 4 amide bonds. The van der Waals surface area contributed by atoms with Gasteiger partial charge in [0.1, 0.15) is 0 Å². The van der Waals surface area contributed by atoms with Crippen LogP contribution in [0.5, 0.6) is 0 Å². The number of hydrogen-bond acceptors (Lipinski definition) is 7. The summed E-state index contributed by atoms with van der Waals surface area (Å²) < 4.78 is 5.14. The SMILES string of the molecule is CNC(=O)NC(=O)C(C)OC(=O)c1ccccc1SCC(=O)Nc1cccc(C#N)c1. The quantitative estimate of drug-likeness (QED) is 0.444. The lowest BCUT2D eigenvalue weighted by Gasteiger charge is -2.14. The summed E-state index contributed by atoms with van der Waals surface area (Å²) in [5.41, 5.74) is 1.10. The van der Waals surface area contributed by atoms with Gasteiger partial charge in [0.2, 0.25) is 5.91 Å². The molecule has 0 fully saturated rings. The molecular formula is C21H20N4O5S. The van der Waals surface area contributed by atoms with E-state index < -0.39 is 24.0 Å². The number of carbonyl (C=O) groups excluding carboxylic acids is 4. The minimum atomic E-state index is -1.20. The zero-order valence-corrected chi connectivity index (χ0v) is 17.6. The highest BCUT2D eigenvalue weighted by Crippen LogP contribution is 2.24. The minimum Gasteiger partial charge on any atom is -0.449 e. The van der Waals surface area contributed by atoms with Crippen LogP contribution < -0.4 is 16.0 Å². The van der Waals surface area contributed by atoms with Gasteiger partial charge in [-0.15, -0.1) is 11.8 Å². The second-order valence-electron chi connectivity index (χ2n) is 6.14. The Bertz CT molecular complexity index is 1030. The molecule has 0 saturated carbocycles. The van der Waals surface area contributed by atoms with Gasteiger partial charge < -0.3 is 15.4 Å². The number of rotatable bonds is 7. The van der Waals surface area contributed by atoms with Crippen molar-refractivity contribution in [2.45, 2.75) is 17.9 Å². The zero-order chi connectivity index (χ0) is 22.8. The third-order valence-corrected chi connectivity index (χ3v) is 4.93. The molecule has 0 aliphatic rings. The number of carbonyl (C=O) groups is 4. The highest BCUT2D eigenvalue weighted by molar-refractivity contribution is 8.00. The van der Waals surface area contributed by atoms with Crippen LogP contribution in [0.2, 0.25) is 0 Å². The van der Waals surface area contributed by atoms with Gasteiger partial charge in [0, 0.05) is 17.6 Å². The Balaban J connectivity index is 1.98. The van der Waals surface area contributed by atoms with Crippen molar-refractivity contribution in [3.05, 3.63) is 59.7 Å². The van der Waals surface area contributed by atoms with Crippen LogP contribution in [0.15, 0.2) is 53.4 Å². The molecular weight excluding hydrogens is 420 g/mol. The van der Waals surface area contributed by atoms with Crippen molar-refractivity contribution in [1.82, 2.24) is 10.6 Å². The number of amides is 4. The molecule has 9 nitrogen and oxygen atoms in total. The summed E-state index contributed by atoms with van der Waals surface area (Å²) >= 11 is 1.12. The van der Waals surface area contributed by atoms with E-state index in [4.69, 9.17) is 10.00 Å². The van der Waals surface area contributed by atoms with Crippen molar-refractivity contribution in [3.8, 4) is 6.07 Å². The molecule has 0 aliphatic carbocycles. The number of benzene rings is 2. The molecule has 2 aromatic carbocycles. The first-order valence-electron chi connectivity index (χ1n) is 9.09. The van der Waals surface area contributed by atoms with E-state index in [1.165, 1.54) is 20.0 Å². The monoisotopic (exact) mass is 440 g/mol. The molecule has 2 aromatic rings. The van der Waals surface area contributed by atoms with Gasteiger partial charge in [-0.2, -0.15) is 5.26 Å². The number of thioether (sulfide) groups is 1. The van der Waals surface area contributed by atoms with E-state index in [-0.39, 0.29) is 17.2 Å². The molecule has 0 spiro atoms. The number of imide groups is 1. The second-order valence-corrected chi connectivity index (χ2v) is 7.16. The number of nitrogens with one attached hydrogen (secondary N) is 3. The average molecular weight is 440 g/mol. The molecule has 0 aromatic heterocycles. The fraction of sp³-hybridized carbons (Fsp3) is 0.190. The Hall–Kier alpha value is -3.84.